The number of pyridine rings is 1. The molecule has 0 aliphatic carbocycles. The summed E-state index contributed by atoms with van der Waals surface area (Å²) in [6.45, 7) is 6.56. The molecule has 182 valence electrons. The van der Waals surface area contributed by atoms with Gasteiger partial charge in [-0.3, -0.25) is 14.7 Å². The highest BCUT2D eigenvalue weighted by Gasteiger charge is 2.35. The molecule has 0 spiro atoms. The van der Waals surface area contributed by atoms with Gasteiger partial charge in [-0.15, -0.1) is 0 Å². The van der Waals surface area contributed by atoms with Crippen molar-refractivity contribution < 1.29 is 19.0 Å². The molecule has 0 unspecified atom stereocenters. The second-order valence-corrected chi connectivity index (χ2v) is 9.15. The third-order valence-electron chi connectivity index (χ3n) is 6.85. The number of aryl methyl sites for hydroxylation is 2. The smallest absolute Gasteiger partial charge is 0.232 e. The van der Waals surface area contributed by atoms with E-state index in [1.807, 2.05) is 55.5 Å². The van der Waals surface area contributed by atoms with Crippen LogP contribution in [-0.2, 0) is 19.6 Å². The van der Waals surface area contributed by atoms with Gasteiger partial charge in [0.1, 0.15) is 24.0 Å². The second kappa shape index (κ2) is 8.84. The Morgan fingerprint density at radius 3 is 2.86 bits per heavy atom. The molecule has 0 atom stereocenters. The minimum Gasteiger partial charge on any atom is -0.497 e. The number of fused-ring (bicyclic) bond motifs is 4. The van der Waals surface area contributed by atoms with Crippen molar-refractivity contribution >= 4 is 22.8 Å². The van der Waals surface area contributed by atoms with E-state index in [1.54, 1.807) is 13.3 Å². The molecular weight excluding hydrogens is 454 g/mol. The highest BCUT2D eigenvalue weighted by molar-refractivity contribution is 6.16. The fourth-order valence-electron chi connectivity index (χ4n) is 5.05. The van der Waals surface area contributed by atoms with E-state index < -0.39 is 0 Å². The lowest BCUT2D eigenvalue weighted by molar-refractivity contribution is 0.0861. The standard InChI is InChI=1S/C29H27N3O4/c1-4-32-14-19(22-13-21(34-3)8-9-24(22)32)12-26-28(33)27-18(2)11-25-23(29(27)36-26)16-31(17-35-25)15-20-7-5-6-10-30-20/h5-14H,4,15-17H2,1-3H3/b26-12-. The maximum absolute atomic E-state index is 13.5. The summed E-state index contributed by atoms with van der Waals surface area (Å²) in [5, 5.41) is 1.01. The van der Waals surface area contributed by atoms with E-state index >= 15 is 0 Å². The summed E-state index contributed by atoms with van der Waals surface area (Å²) in [5.41, 5.74) is 5.33. The van der Waals surface area contributed by atoms with Crippen molar-refractivity contribution in [3.8, 4) is 17.2 Å². The minimum absolute atomic E-state index is 0.104. The Balaban J connectivity index is 1.37. The van der Waals surface area contributed by atoms with Crippen molar-refractivity contribution in [3.63, 3.8) is 0 Å². The summed E-state index contributed by atoms with van der Waals surface area (Å²) in [6.07, 6.45) is 5.69. The monoisotopic (exact) mass is 481 g/mol. The van der Waals surface area contributed by atoms with Gasteiger partial charge in [0.05, 0.1) is 23.9 Å². The number of allylic oxidation sites excluding steroid dienone is 1. The van der Waals surface area contributed by atoms with Crippen molar-refractivity contribution in [3.05, 3.63) is 88.6 Å². The summed E-state index contributed by atoms with van der Waals surface area (Å²) < 4.78 is 20.0. The maximum Gasteiger partial charge on any atom is 0.232 e. The number of methoxy groups -OCH3 is 1. The number of benzene rings is 2. The van der Waals surface area contributed by atoms with Crippen LogP contribution >= 0.6 is 0 Å². The van der Waals surface area contributed by atoms with Gasteiger partial charge in [0.25, 0.3) is 0 Å². The fraction of sp³-hybridized carbons (Fsp3) is 0.241. The summed E-state index contributed by atoms with van der Waals surface area (Å²) in [5.74, 6) is 2.36. The third kappa shape index (κ3) is 3.72. The average molecular weight is 482 g/mol. The van der Waals surface area contributed by atoms with Gasteiger partial charge in [-0.25, -0.2) is 0 Å². The number of hydrogen-bond acceptors (Lipinski definition) is 6. The number of rotatable bonds is 5. The third-order valence-corrected chi connectivity index (χ3v) is 6.85. The van der Waals surface area contributed by atoms with E-state index in [9.17, 15) is 4.79 Å². The van der Waals surface area contributed by atoms with Crippen LogP contribution in [0.4, 0.5) is 0 Å². The van der Waals surface area contributed by atoms with Crippen LogP contribution in [0.15, 0.2) is 60.6 Å². The Morgan fingerprint density at radius 1 is 1.19 bits per heavy atom. The number of aromatic nitrogens is 2. The Hall–Kier alpha value is -4.10. The minimum atomic E-state index is -0.104. The first kappa shape index (κ1) is 22.4. The van der Waals surface area contributed by atoms with Crippen LogP contribution in [0.3, 0.4) is 0 Å². The van der Waals surface area contributed by atoms with E-state index in [1.165, 1.54) is 0 Å². The maximum atomic E-state index is 13.5. The number of carbonyl (C=O) groups is 1. The van der Waals surface area contributed by atoms with Gasteiger partial charge < -0.3 is 18.8 Å². The predicted octanol–water partition coefficient (Wildman–Crippen LogP) is 5.34. The van der Waals surface area contributed by atoms with Crippen molar-refractivity contribution in [1.29, 1.82) is 0 Å². The predicted molar refractivity (Wildman–Crippen MR) is 137 cm³/mol. The average Bonchev–Trinajstić information content (AvgIpc) is 3.42. The number of Topliss-reactive ketones (excluding diaryl/α,β-unsaturated/α-hetero) is 1. The summed E-state index contributed by atoms with van der Waals surface area (Å²) in [7, 11) is 1.65. The number of hydrogen-bond donors (Lipinski definition) is 0. The molecule has 7 heteroatoms. The van der Waals surface area contributed by atoms with Crippen LogP contribution in [-0.4, -0.2) is 34.1 Å². The molecule has 36 heavy (non-hydrogen) atoms. The van der Waals surface area contributed by atoms with Crippen LogP contribution in [0.5, 0.6) is 17.2 Å². The topological polar surface area (TPSA) is 65.8 Å². The van der Waals surface area contributed by atoms with Crippen molar-refractivity contribution in [2.45, 2.75) is 33.5 Å². The summed E-state index contributed by atoms with van der Waals surface area (Å²) >= 11 is 0. The molecule has 2 aliphatic heterocycles. The zero-order chi connectivity index (χ0) is 24.8. The molecule has 0 radical (unpaired) electrons. The number of nitrogens with zero attached hydrogens (tertiary/aromatic N) is 3. The van der Waals surface area contributed by atoms with Gasteiger partial charge >= 0.3 is 0 Å². The van der Waals surface area contributed by atoms with Gasteiger partial charge in [-0.1, -0.05) is 6.07 Å². The molecule has 0 bridgehead atoms. The van der Waals surface area contributed by atoms with Crippen molar-refractivity contribution in [2.75, 3.05) is 13.8 Å². The number of ketones is 1. The lowest BCUT2D eigenvalue weighted by Crippen LogP contribution is -2.32. The largest absolute Gasteiger partial charge is 0.497 e. The van der Waals surface area contributed by atoms with Crippen LogP contribution in [0.1, 0.15) is 39.7 Å². The van der Waals surface area contributed by atoms with Gasteiger partial charge in [0.2, 0.25) is 5.78 Å². The zero-order valence-corrected chi connectivity index (χ0v) is 20.6. The Labute approximate surface area is 209 Å². The number of carbonyl (C=O) groups excluding carboxylic acids is 1. The summed E-state index contributed by atoms with van der Waals surface area (Å²) in [4.78, 5) is 20.1. The van der Waals surface area contributed by atoms with Gasteiger partial charge in [-0.2, -0.15) is 0 Å². The Morgan fingerprint density at radius 2 is 2.08 bits per heavy atom. The quantitative estimate of drug-likeness (QED) is 0.359. The molecule has 7 nitrogen and oxygen atoms in total. The highest BCUT2D eigenvalue weighted by atomic mass is 16.5. The SMILES string of the molecule is CCn1cc(/C=C2\Oc3c4c(cc(C)c3C2=O)OCN(Cc2ccccn2)C4)c2cc(OC)ccc21. The molecule has 4 heterocycles. The zero-order valence-electron chi connectivity index (χ0n) is 20.6. The molecule has 4 aromatic rings. The lowest BCUT2D eigenvalue weighted by atomic mass is 9.98. The van der Waals surface area contributed by atoms with E-state index in [2.05, 4.69) is 27.6 Å². The molecular formula is C29H27N3O4. The van der Waals surface area contributed by atoms with E-state index in [4.69, 9.17) is 14.2 Å². The van der Waals surface area contributed by atoms with Crippen LogP contribution in [0.2, 0.25) is 0 Å². The molecule has 0 N–H and O–H groups in total. The Kier molecular flexibility index (Phi) is 5.49. The van der Waals surface area contributed by atoms with Crippen molar-refractivity contribution in [2.24, 2.45) is 0 Å². The fourth-order valence-corrected chi connectivity index (χ4v) is 5.05. The molecule has 0 saturated heterocycles. The highest BCUT2D eigenvalue weighted by Crippen LogP contribution is 2.44. The molecule has 6 rings (SSSR count). The van der Waals surface area contributed by atoms with Crippen molar-refractivity contribution in [1.82, 2.24) is 14.5 Å². The lowest BCUT2D eigenvalue weighted by Gasteiger charge is -2.29. The first-order valence-electron chi connectivity index (χ1n) is 12.1. The van der Waals surface area contributed by atoms with Gasteiger partial charge in [-0.05, 0) is 61.9 Å². The van der Waals surface area contributed by atoms with Crippen LogP contribution < -0.4 is 14.2 Å². The Bertz CT molecular complexity index is 1520. The second-order valence-electron chi connectivity index (χ2n) is 9.15. The first-order chi connectivity index (χ1) is 17.6. The first-order valence-corrected chi connectivity index (χ1v) is 12.1. The molecule has 2 aliphatic rings. The molecule has 2 aromatic carbocycles. The van der Waals surface area contributed by atoms with Crippen LogP contribution in [0, 0.1) is 6.92 Å². The number of ether oxygens (including phenoxy) is 3. The normalized spacial score (nSPS) is 16.1. The van der Waals surface area contributed by atoms with Gasteiger partial charge in [0, 0.05) is 48.5 Å². The van der Waals surface area contributed by atoms with Crippen LogP contribution in [0.25, 0.3) is 17.0 Å². The summed E-state index contributed by atoms with van der Waals surface area (Å²) in [6, 6.07) is 13.8. The molecule has 0 amide bonds. The molecule has 0 saturated carbocycles. The molecule has 0 fully saturated rings. The van der Waals surface area contributed by atoms with E-state index in [0.29, 0.717) is 36.9 Å². The molecule has 2 aromatic heterocycles. The van der Waals surface area contributed by atoms with E-state index in [-0.39, 0.29) is 5.78 Å². The van der Waals surface area contributed by atoms with Gasteiger partial charge in [0.15, 0.2) is 5.76 Å². The van der Waals surface area contributed by atoms with E-state index in [0.717, 1.165) is 51.3 Å².